The highest BCUT2D eigenvalue weighted by Gasteiger charge is 2.23. The van der Waals surface area contributed by atoms with Crippen LogP contribution in [-0.2, 0) is 11.3 Å². The topological polar surface area (TPSA) is 84.2 Å². The predicted molar refractivity (Wildman–Crippen MR) is 80.1 cm³/mol. The van der Waals surface area contributed by atoms with Gasteiger partial charge in [-0.15, -0.1) is 0 Å². The van der Waals surface area contributed by atoms with Crippen LogP contribution in [0.25, 0.3) is 0 Å². The largest absolute Gasteiger partial charge is 0.480 e. The Hall–Kier alpha value is -1.85. The van der Waals surface area contributed by atoms with Gasteiger partial charge in [0, 0.05) is 12.2 Å². The number of hydrogen-bond acceptors (Lipinski definition) is 3. The molecular weight excluding hydrogens is 270 g/mol. The highest BCUT2D eigenvalue weighted by atomic mass is 16.4. The van der Waals surface area contributed by atoms with Crippen molar-refractivity contribution < 1.29 is 14.7 Å². The van der Waals surface area contributed by atoms with Gasteiger partial charge in [-0.1, -0.05) is 27.7 Å². The summed E-state index contributed by atoms with van der Waals surface area (Å²) in [5, 5.41) is 16.0. The first-order valence-electron chi connectivity index (χ1n) is 7.28. The molecule has 1 heterocycles. The molecule has 1 amide bonds. The Morgan fingerprint density at radius 2 is 1.90 bits per heavy atom. The number of amides is 1. The fraction of sp³-hybridized carbons (Fsp3) is 0.667. The van der Waals surface area contributed by atoms with E-state index in [0.717, 1.165) is 12.2 Å². The van der Waals surface area contributed by atoms with Crippen LogP contribution >= 0.6 is 0 Å². The van der Waals surface area contributed by atoms with E-state index >= 15 is 0 Å². The molecule has 21 heavy (non-hydrogen) atoms. The van der Waals surface area contributed by atoms with Crippen LogP contribution < -0.4 is 5.32 Å². The van der Waals surface area contributed by atoms with Gasteiger partial charge in [0.2, 0.25) is 0 Å². The van der Waals surface area contributed by atoms with Crippen LogP contribution in [0.3, 0.4) is 0 Å². The number of aromatic nitrogens is 2. The van der Waals surface area contributed by atoms with Crippen LogP contribution in [-0.4, -0.2) is 32.8 Å². The number of nitrogens with one attached hydrogen (secondary N) is 1. The lowest BCUT2D eigenvalue weighted by Crippen LogP contribution is -2.41. The lowest BCUT2D eigenvalue weighted by atomic mass is 10.0. The lowest BCUT2D eigenvalue weighted by molar-refractivity contribution is -0.139. The quantitative estimate of drug-likeness (QED) is 0.806. The minimum atomic E-state index is -1.01. The van der Waals surface area contributed by atoms with Crippen LogP contribution in [0.2, 0.25) is 0 Å². The van der Waals surface area contributed by atoms with Gasteiger partial charge in [0.1, 0.15) is 6.04 Å². The molecule has 1 atom stereocenters. The van der Waals surface area contributed by atoms with Crippen LogP contribution in [0.4, 0.5) is 0 Å². The molecule has 0 saturated heterocycles. The highest BCUT2D eigenvalue weighted by molar-refractivity contribution is 5.97. The molecule has 0 aromatic carbocycles. The normalized spacial score (nSPS) is 12.7. The minimum absolute atomic E-state index is 0.191. The number of carboxylic acid groups (broad SMARTS) is 1. The number of rotatable bonds is 7. The van der Waals surface area contributed by atoms with Gasteiger partial charge in [-0.25, -0.2) is 4.79 Å². The van der Waals surface area contributed by atoms with E-state index in [1.165, 1.54) is 6.20 Å². The smallest absolute Gasteiger partial charge is 0.326 e. The minimum Gasteiger partial charge on any atom is -0.480 e. The zero-order valence-electron chi connectivity index (χ0n) is 13.4. The van der Waals surface area contributed by atoms with Crippen LogP contribution in [0.5, 0.6) is 0 Å². The summed E-state index contributed by atoms with van der Waals surface area (Å²) in [6.45, 7) is 10.5. The van der Waals surface area contributed by atoms with Crippen molar-refractivity contribution in [2.75, 3.05) is 0 Å². The summed E-state index contributed by atoms with van der Waals surface area (Å²) in [5.41, 5.74) is 1.19. The third-order valence-electron chi connectivity index (χ3n) is 3.20. The fourth-order valence-electron chi connectivity index (χ4n) is 2.13. The molecule has 0 radical (unpaired) electrons. The van der Waals surface area contributed by atoms with Crippen LogP contribution in [0, 0.1) is 18.8 Å². The van der Waals surface area contributed by atoms with E-state index in [1.54, 1.807) is 4.68 Å². The third kappa shape index (κ3) is 4.88. The van der Waals surface area contributed by atoms with Gasteiger partial charge in [-0.2, -0.15) is 5.10 Å². The average Bonchev–Trinajstić information content (AvgIpc) is 2.68. The first kappa shape index (κ1) is 17.2. The van der Waals surface area contributed by atoms with Crippen molar-refractivity contribution in [3.63, 3.8) is 0 Å². The molecule has 0 fully saturated rings. The molecule has 0 bridgehead atoms. The maximum atomic E-state index is 12.2. The monoisotopic (exact) mass is 295 g/mol. The second kappa shape index (κ2) is 7.24. The van der Waals surface area contributed by atoms with Crippen molar-refractivity contribution in [1.29, 1.82) is 0 Å². The number of nitrogens with zero attached hydrogens (tertiary/aromatic N) is 2. The maximum absolute atomic E-state index is 12.2. The zero-order chi connectivity index (χ0) is 16.2. The molecule has 1 aromatic heterocycles. The number of aliphatic carboxylic acids is 1. The Bertz CT molecular complexity index is 506. The van der Waals surface area contributed by atoms with Crippen molar-refractivity contribution >= 4 is 11.9 Å². The first-order valence-corrected chi connectivity index (χ1v) is 7.28. The Morgan fingerprint density at radius 1 is 1.29 bits per heavy atom. The van der Waals surface area contributed by atoms with Gasteiger partial charge in [0.05, 0.1) is 11.8 Å². The van der Waals surface area contributed by atoms with E-state index in [9.17, 15) is 14.7 Å². The summed E-state index contributed by atoms with van der Waals surface area (Å²) in [7, 11) is 0. The standard InChI is InChI=1S/C15H25N3O3/c1-9(2)6-13(15(20)21)17-14(19)12-7-16-18(11(12)5)8-10(3)4/h7,9-10,13H,6,8H2,1-5H3,(H,17,19)(H,20,21). The van der Waals surface area contributed by atoms with Crippen molar-refractivity contribution in [3.8, 4) is 0 Å². The summed E-state index contributed by atoms with van der Waals surface area (Å²) in [6.07, 6.45) is 1.90. The number of carbonyl (C=O) groups is 2. The summed E-state index contributed by atoms with van der Waals surface area (Å²) < 4.78 is 1.78. The van der Waals surface area contributed by atoms with Gasteiger partial charge in [-0.3, -0.25) is 9.48 Å². The Labute approximate surface area is 125 Å². The van der Waals surface area contributed by atoms with E-state index < -0.39 is 12.0 Å². The van der Waals surface area contributed by atoms with Gasteiger partial charge in [0.15, 0.2) is 0 Å². The molecule has 1 unspecified atom stereocenters. The summed E-state index contributed by atoms with van der Waals surface area (Å²) >= 11 is 0. The molecule has 2 N–H and O–H groups in total. The fourth-order valence-corrected chi connectivity index (χ4v) is 2.13. The van der Waals surface area contributed by atoms with E-state index in [4.69, 9.17) is 0 Å². The van der Waals surface area contributed by atoms with Crippen LogP contribution in [0.15, 0.2) is 6.20 Å². The molecular formula is C15H25N3O3. The van der Waals surface area contributed by atoms with Crippen molar-refractivity contribution in [2.45, 2.75) is 53.6 Å². The maximum Gasteiger partial charge on any atom is 0.326 e. The van der Waals surface area contributed by atoms with Gasteiger partial charge in [-0.05, 0) is 25.2 Å². The zero-order valence-corrected chi connectivity index (χ0v) is 13.4. The molecule has 0 aliphatic carbocycles. The van der Waals surface area contributed by atoms with Crippen molar-refractivity contribution in [1.82, 2.24) is 15.1 Å². The second-order valence-corrected chi connectivity index (χ2v) is 6.21. The Balaban J connectivity index is 2.83. The van der Waals surface area contributed by atoms with Gasteiger partial charge < -0.3 is 10.4 Å². The molecule has 1 aromatic rings. The molecule has 118 valence electrons. The average molecular weight is 295 g/mol. The van der Waals surface area contributed by atoms with E-state index in [1.807, 2.05) is 20.8 Å². The highest BCUT2D eigenvalue weighted by Crippen LogP contribution is 2.11. The van der Waals surface area contributed by atoms with Gasteiger partial charge in [0.25, 0.3) is 5.91 Å². The molecule has 1 rings (SSSR count). The molecule has 0 saturated carbocycles. The number of carboxylic acids is 1. The molecule has 0 spiro atoms. The predicted octanol–water partition coefficient (Wildman–Crippen LogP) is 2.08. The van der Waals surface area contributed by atoms with E-state index in [2.05, 4.69) is 24.3 Å². The number of carbonyl (C=O) groups excluding carboxylic acids is 1. The first-order chi connectivity index (χ1) is 9.72. The Morgan fingerprint density at radius 3 is 2.38 bits per heavy atom. The van der Waals surface area contributed by atoms with Crippen LogP contribution in [0.1, 0.15) is 50.2 Å². The van der Waals surface area contributed by atoms with Gasteiger partial charge >= 0.3 is 5.97 Å². The molecule has 0 aliphatic rings. The summed E-state index contributed by atoms with van der Waals surface area (Å²) in [4.78, 5) is 23.4. The lowest BCUT2D eigenvalue weighted by Gasteiger charge is -2.16. The number of hydrogen-bond donors (Lipinski definition) is 2. The van der Waals surface area contributed by atoms with Crippen molar-refractivity contribution in [2.24, 2.45) is 11.8 Å². The third-order valence-corrected chi connectivity index (χ3v) is 3.20. The molecule has 6 nitrogen and oxygen atoms in total. The summed E-state index contributed by atoms with van der Waals surface area (Å²) in [5.74, 6) is -0.775. The molecule has 6 heteroatoms. The second-order valence-electron chi connectivity index (χ2n) is 6.21. The van der Waals surface area contributed by atoms with Crippen molar-refractivity contribution in [3.05, 3.63) is 17.5 Å². The molecule has 0 aliphatic heterocycles. The van der Waals surface area contributed by atoms with E-state index in [0.29, 0.717) is 17.9 Å². The Kier molecular flexibility index (Phi) is 5.93. The summed E-state index contributed by atoms with van der Waals surface area (Å²) in [6, 6.07) is -0.870. The van der Waals surface area contributed by atoms with E-state index in [-0.39, 0.29) is 11.8 Å². The SMILES string of the molecule is Cc1c(C(=O)NC(CC(C)C)C(=O)O)cnn1CC(C)C.